The quantitative estimate of drug-likeness (QED) is 0.472. The fraction of sp³-hybridized carbons (Fsp3) is 0.308. The number of esters is 1. The SMILES string of the molecule is CC(C)C(=O)OCc1nnc(-c2ccc([N+](=O)[O-])cc2)o1. The van der Waals surface area contributed by atoms with Crippen LogP contribution in [0.3, 0.4) is 0 Å². The Labute approximate surface area is 119 Å². The normalized spacial score (nSPS) is 10.6. The number of aromatic nitrogens is 2. The van der Waals surface area contributed by atoms with Gasteiger partial charge in [-0.3, -0.25) is 14.9 Å². The summed E-state index contributed by atoms with van der Waals surface area (Å²) in [4.78, 5) is 21.4. The van der Waals surface area contributed by atoms with E-state index in [0.717, 1.165) is 0 Å². The van der Waals surface area contributed by atoms with E-state index in [-0.39, 0.29) is 36.0 Å². The number of nitro benzene ring substituents is 1. The smallest absolute Gasteiger partial charge is 0.308 e. The monoisotopic (exact) mass is 291 g/mol. The van der Waals surface area contributed by atoms with Crippen LogP contribution in [0.2, 0.25) is 0 Å². The molecule has 0 saturated heterocycles. The van der Waals surface area contributed by atoms with Gasteiger partial charge in [0.05, 0.1) is 10.8 Å². The van der Waals surface area contributed by atoms with Crippen molar-refractivity contribution in [1.82, 2.24) is 10.2 Å². The van der Waals surface area contributed by atoms with Crippen LogP contribution in [0, 0.1) is 16.0 Å². The first-order valence-electron chi connectivity index (χ1n) is 6.21. The molecule has 1 aromatic heterocycles. The summed E-state index contributed by atoms with van der Waals surface area (Å²) in [5.74, 6) is -0.218. The van der Waals surface area contributed by atoms with Crippen LogP contribution in [-0.2, 0) is 16.1 Å². The zero-order chi connectivity index (χ0) is 15.4. The molecule has 1 aromatic carbocycles. The number of hydrogen-bond acceptors (Lipinski definition) is 7. The number of nitrogens with zero attached hydrogens (tertiary/aromatic N) is 3. The van der Waals surface area contributed by atoms with Crippen molar-refractivity contribution in [2.45, 2.75) is 20.5 Å². The lowest BCUT2D eigenvalue weighted by molar-refractivity contribution is -0.384. The van der Waals surface area contributed by atoms with Gasteiger partial charge >= 0.3 is 5.97 Å². The van der Waals surface area contributed by atoms with Gasteiger partial charge in [0.2, 0.25) is 5.89 Å². The standard InChI is InChI=1S/C13H13N3O5/c1-8(2)13(17)20-7-11-14-15-12(21-11)9-3-5-10(6-4-9)16(18)19/h3-6,8H,7H2,1-2H3. The highest BCUT2D eigenvalue weighted by Gasteiger charge is 2.14. The zero-order valence-corrected chi connectivity index (χ0v) is 11.5. The first kappa shape index (κ1) is 14.6. The third kappa shape index (κ3) is 3.62. The van der Waals surface area contributed by atoms with Gasteiger partial charge in [-0.2, -0.15) is 0 Å². The summed E-state index contributed by atoms with van der Waals surface area (Å²) in [7, 11) is 0. The second-order valence-corrected chi connectivity index (χ2v) is 4.57. The van der Waals surface area contributed by atoms with Crippen molar-refractivity contribution in [2.24, 2.45) is 5.92 Å². The van der Waals surface area contributed by atoms with Gasteiger partial charge in [-0.05, 0) is 12.1 Å². The van der Waals surface area contributed by atoms with Crippen molar-refractivity contribution in [3.05, 3.63) is 40.3 Å². The van der Waals surface area contributed by atoms with Gasteiger partial charge in [0.15, 0.2) is 6.61 Å². The van der Waals surface area contributed by atoms with Gasteiger partial charge in [0.1, 0.15) is 0 Å². The molecule has 0 unspecified atom stereocenters. The average molecular weight is 291 g/mol. The van der Waals surface area contributed by atoms with Crippen molar-refractivity contribution < 1.29 is 18.9 Å². The first-order chi connectivity index (χ1) is 9.97. The van der Waals surface area contributed by atoms with Gasteiger partial charge in [-0.15, -0.1) is 10.2 Å². The van der Waals surface area contributed by atoms with Crippen LogP contribution in [-0.4, -0.2) is 21.1 Å². The molecule has 0 amide bonds. The third-order valence-corrected chi connectivity index (χ3v) is 2.60. The summed E-state index contributed by atoms with van der Waals surface area (Å²) in [5, 5.41) is 18.1. The van der Waals surface area contributed by atoms with Crippen molar-refractivity contribution in [1.29, 1.82) is 0 Å². The summed E-state index contributed by atoms with van der Waals surface area (Å²) in [6.07, 6.45) is 0. The van der Waals surface area contributed by atoms with Crippen LogP contribution in [0.5, 0.6) is 0 Å². The van der Waals surface area contributed by atoms with E-state index in [1.807, 2.05) is 0 Å². The molecule has 0 spiro atoms. The van der Waals surface area contributed by atoms with Crippen LogP contribution in [0.15, 0.2) is 28.7 Å². The number of carbonyl (C=O) groups is 1. The maximum Gasteiger partial charge on any atom is 0.308 e. The Morgan fingerprint density at radius 2 is 2.00 bits per heavy atom. The predicted octanol–water partition coefficient (Wildman–Crippen LogP) is 2.34. The number of non-ortho nitro benzene ring substituents is 1. The second-order valence-electron chi connectivity index (χ2n) is 4.57. The summed E-state index contributed by atoms with van der Waals surface area (Å²) in [6, 6.07) is 5.71. The van der Waals surface area contributed by atoms with Crippen LogP contribution < -0.4 is 0 Å². The number of nitro groups is 1. The maximum absolute atomic E-state index is 11.3. The molecule has 21 heavy (non-hydrogen) atoms. The summed E-state index contributed by atoms with van der Waals surface area (Å²) >= 11 is 0. The Morgan fingerprint density at radius 1 is 1.33 bits per heavy atom. The molecule has 0 fully saturated rings. The molecule has 0 aliphatic rings. The van der Waals surface area contributed by atoms with Crippen LogP contribution in [0.25, 0.3) is 11.5 Å². The van der Waals surface area contributed by atoms with E-state index >= 15 is 0 Å². The van der Waals surface area contributed by atoms with E-state index in [2.05, 4.69) is 10.2 Å². The van der Waals surface area contributed by atoms with E-state index in [4.69, 9.17) is 9.15 Å². The van der Waals surface area contributed by atoms with E-state index in [1.165, 1.54) is 24.3 Å². The highest BCUT2D eigenvalue weighted by Crippen LogP contribution is 2.21. The maximum atomic E-state index is 11.3. The van der Waals surface area contributed by atoms with Crippen LogP contribution in [0.1, 0.15) is 19.7 Å². The number of carbonyl (C=O) groups excluding carboxylic acids is 1. The second kappa shape index (κ2) is 6.12. The van der Waals surface area contributed by atoms with Gasteiger partial charge < -0.3 is 9.15 Å². The Balaban J connectivity index is 2.05. The predicted molar refractivity (Wildman–Crippen MR) is 71.0 cm³/mol. The molecule has 0 bridgehead atoms. The molecule has 2 rings (SSSR count). The van der Waals surface area contributed by atoms with E-state index in [0.29, 0.717) is 5.56 Å². The highest BCUT2D eigenvalue weighted by molar-refractivity contribution is 5.71. The van der Waals surface area contributed by atoms with E-state index in [1.54, 1.807) is 13.8 Å². The molecule has 0 saturated carbocycles. The summed E-state index contributed by atoms with van der Waals surface area (Å²) in [6.45, 7) is 3.34. The molecule has 110 valence electrons. The summed E-state index contributed by atoms with van der Waals surface area (Å²) in [5.41, 5.74) is 0.527. The number of ether oxygens (including phenoxy) is 1. The molecule has 2 aromatic rings. The van der Waals surface area contributed by atoms with Gasteiger partial charge in [0.25, 0.3) is 11.6 Å². The minimum absolute atomic E-state index is 0.0237. The van der Waals surface area contributed by atoms with Crippen molar-refractivity contribution >= 4 is 11.7 Å². The Bertz CT molecular complexity index is 648. The lowest BCUT2D eigenvalue weighted by Gasteiger charge is -2.03. The Kier molecular flexibility index (Phi) is 4.27. The lowest BCUT2D eigenvalue weighted by atomic mass is 10.2. The van der Waals surface area contributed by atoms with E-state index < -0.39 is 4.92 Å². The lowest BCUT2D eigenvalue weighted by Crippen LogP contribution is -2.11. The molecular weight excluding hydrogens is 278 g/mol. The number of hydrogen-bond donors (Lipinski definition) is 0. The van der Waals surface area contributed by atoms with Gasteiger partial charge in [0, 0.05) is 17.7 Å². The zero-order valence-electron chi connectivity index (χ0n) is 11.5. The molecule has 0 aliphatic heterocycles. The molecule has 0 aliphatic carbocycles. The topological polar surface area (TPSA) is 108 Å². The fourth-order valence-corrected chi connectivity index (χ4v) is 1.45. The molecule has 0 N–H and O–H groups in total. The fourth-order valence-electron chi connectivity index (χ4n) is 1.45. The average Bonchev–Trinajstić information content (AvgIpc) is 2.93. The van der Waals surface area contributed by atoms with Gasteiger partial charge in [-0.1, -0.05) is 13.8 Å². The molecule has 0 atom stereocenters. The third-order valence-electron chi connectivity index (χ3n) is 2.60. The molecule has 0 radical (unpaired) electrons. The first-order valence-corrected chi connectivity index (χ1v) is 6.21. The number of rotatable bonds is 5. The molecule has 1 heterocycles. The van der Waals surface area contributed by atoms with Crippen LogP contribution in [0.4, 0.5) is 5.69 Å². The van der Waals surface area contributed by atoms with E-state index in [9.17, 15) is 14.9 Å². The molecular formula is C13H13N3O5. The largest absolute Gasteiger partial charge is 0.455 e. The van der Waals surface area contributed by atoms with Crippen molar-refractivity contribution in [2.75, 3.05) is 0 Å². The Hall–Kier alpha value is -2.77. The Morgan fingerprint density at radius 3 is 2.57 bits per heavy atom. The van der Waals surface area contributed by atoms with Crippen molar-refractivity contribution in [3.63, 3.8) is 0 Å². The van der Waals surface area contributed by atoms with Gasteiger partial charge in [-0.25, -0.2) is 0 Å². The minimum atomic E-state index is -0.492. The summed E-state index contributed by atoms with van der Waals surface area (Å²) < 4.78 is 10.3. The highest BCUT2D eigenvalue weighted by atomic mass is 16.6. The minimum Gasteiger partial charge on any atom is -0.455 e. The molecule has 8 nitrogen and oxygen atoms in total. The van der Waals surface area contributed by atoms with Crippen molar-refractivity contribution in [3.8, 4) is 11.5 Å². The molecule has 8 heteroatoms. The van der Waals surface area contributed by atoms with Crippen LogP contribution >= 0.6 is 0 Å². The number of benzene rings is 1.